The molecule has 2 heteroatoms. The number of ether oxygens (including phenoxy) is 1. The van der Waals surface area contributed by atoms with E-state index in [-0.39, 0.29) is 12.2 Å². The van der Waals surface area contributed by atoms with Crippen LogP contribution in [0.4, 0.5) is 0 Å². The number of benzene rings is 1. The number of methoxy groups -OCH3 is 1. The van der Waals surface area contributed by atoms with E-state index in [1.54, 1.807) is 7.11 Å². The zero-order valence-electron chi connectivity index (χ0n) is 9.26. The summed E-state index contributed by atoms with van der Waals surface area (Å²) in [6.07, 6.45) is 0.683. The van der Waals surface area contributed by atoms with E-state index < -0.39 is 0 Å². The summed E-state index contributed by atoms with van der Waals surface area (Å²) in [6, 6.07) is 10.4. The van der Waals surface area contributed by atoms with E-state index in [2.05, 4.69) is 24.3 Å². The SMILES string of the molecule is COC(C)[C@@H](O)[C@H]1C[C@@H]1c1ccccc1. The normalized spacial score (nSPS) is 28.5. The summed E-state index contributed by atoms with van der Waals surface area (Å²) >= 11 is 0. The van der Waals surface area contributed by atoms with Crippen molar-refractivity contribution in [1.82, 2.24) is 0 Å². The second kappa shape index (κ2) is 4.33. The van der Waals surface area contributed by atoms with Crippen molar-refractivity contribution in [3.05, 3.63) is 35.9 Å². The highest BCUT2D eigenvalue weighted by Gasteiger charge is 2.45. The zero-order chi connectivity index (χ0) is 10.8. The van der Waals surface area contributed by atoms with Crippen LogP contribution in [-0.4, -0.2) is 24.4 Å². The third-order valence-electron chi connectivity index (χ3n) is 3.36. The Morgan fingerprint density at radius 2 is 2.00 bits per heavy atom. The topological polar surface area (TPSA) is 29.5 Å². The van der Waals surface area contributed by atoms with Crippen LogP contribution >= 0.6 is 0 Å². The molecule has 1 unspecified atom stereocenters. The third-order valence-corrected chi connectivity index (χ3v) is 3.36. The van der Waals surface area contributed by atoms with Crippen molar-refractivity contribution in [2.75, 3.05) is 7.11 Å². The van der Waals surface area contributed by atoms with Crippen LogP contribution < -0.4 is 0 Å². The summed E-state index contributed by atoms with van der Waals surface area (Å²) < 4.78 is 5.15. The maximum absolute atomic E-state index is 9.96. The molecule has 15 heavy (non-hydrogen) atoms. The summed E-state index contributed by atoms with van der Waals surface area (Å²) in [4.78, 5) is 0. The van der Waals surface area contributed by atoms with Gasteiger partial charge in [-0.3, -0.25) is 0 Å². The Labute approximate surface area is 90.9 Å². The van der Waals surface area contributed by atoms with Gasteiger partial charge < -0.3 is 9.84 Å². The number of rotatable bonds is 4. The van der Waals surface area contributed by atoms with Gasteiger partial charge in [0, 0.05) is 7.11 Å². The van der Waals surface area contributed by atoms with Gasteiger partial charge in [-0.1, -0.05) is 30.3 Å². The minimum Gasteiger partial charge on any atom is -0.390 e. The molecule has 0 saturated heterocycles. The molecule has 0 aromatic heterocycles. The first-order chi connectivity index (χ1) is 7.24. The van der Waals surface area contributed by atoms with Crippen molar-refractivity contribution >= 4 is 0 Å². The van der Waals surface area contributed by atoms with E-state index in [9.17, 15) is 5.11 Å². The molecular weight excluding hydrogens is 188 g/mol. The molecule has 0 aliphatic heterocycles. The molecule has 1 fully saturated rings. The highest BCUT2D eigenvalue weighted by atomic mass is 16.5. The van der Waals surface area contributed by atoms with Gasteiger partial charge in [0.15, 0.2) is 0 Å². The Balaban J connectivity index is 1.96. The smallest absolute Gasteiger partial charge is 0.0833 e. The van der Waals surface area contributed by atoms with Crippen LogP contribution in [0.2, 0.25) is 0 Å². The lowest BCUT2D eigenvalue weighted by molar-refractivity contribution is -0.0125. The highest BCUT2D eigenvalue weighted by Crippen LogP contribution is 2.50. The molecule has 1 aromatic carbocycles. The van der Waals surface area contributed by atoms with Crippen molar-refractivity contribution in [2.24, 2.45) is 5.92 Å². The molecule has 1 saturated carbocycles. The van der Waals surface area contributed by atoms with Crippen LogP contribution in [0.3, 0.4) is 0 Å². The van der Waals surface area contributed by atoms with Crippen LogP contribution in [0, 0.1) is 5.92 Å². The molecular formula is C13H18O2. The first-order valence-corrected chi connectivity index (χ1v) is 5.50. The maximum Gasteiger partial charge on any atom is 0.0833 e. The standard InChI is InChI=1S/C13H18O2/c1-9(15-2)13(14)12-8-11(12)10-6-4-3-5-7-10/h3-7,9,11-14H,8H2,1-2H3/t9?,11-,12+,13-/m1/s1. The molecule has 1 N–H and O–H groups in total. The minimum atomic E-state index is -0.333. The third kappa shape index (κ3) is 2.21. The Morgan fingerprint density at radius 1 is 1.33 bits per heavy atom. The van der Waals surface area contributed by atoms with E-state index >= 15 is 0 Å². The second-order valence-corrected chi connectivity index (χ2v) is 4.35. The van der Waals surface area contributed by atoms with Crippen LogP contribution in [0.5, 0.6) is 0 Å². The quantitative estimate of drug-likeness (QED) is 0.818. The zero-order valence-corrected chi connectivity index (χ0v) is 9.26. The number of hydrogen-bond acceptors (Lipinski definition) is 2. The molecule has 4 atom stereocenters. The molecule has 1 aliphatic carbocycles. The van der Waals surface area contributed by atoms with Gasteiger partial charge in [0.25, 0.3) is 0 Å². The van der Waals surface area contributed by atoms with E-state index in [1.165, 1.54) is 5.56 Å². The molecule has 2 rings (SSSR count). The van der Waals surface area contributed by atoms with E-state index in [4.69, 9.17) is 4.74 Å². The van der Waals surface area contributed by atoms with Crippen molar-refractivity contribution < 1.29 is 9.84 Å². The van der Waals surface area contributed by atoms with Crippen molar-refractivity contribution in [3.63, 3.8) is 0 Å². The average Bonchev–Trinajstić information content (AvgIpc) is 3.08. The molecule has 2 nitrogen and oxygen atoms in total. The fraction of sp³-hybridized carbons (Fsp3) is 0.538. The van der Waals surface area contributed by atoms with E-state index in [0.717, 1.165) is 6.42 Å². The van der Waals surface area contributed by atoms with Gasteiger partial charge in [0.1, 0.15) is 0 Å². The molecule has 0 amide bonds. The fourth-order valence-electron chi connectivity index (χ4n) is 2.16. The molecule has 1 aliphatic rings. The lowest BCUT2D eigenvalue weighted by Crippen LogP contribution is -2.27. The van der Waals surface area contributed by atoms with Crippen LogP contribution in [0.15, 0.2) is 30.3 Å². The first-order valence-electron chi connectivity index (χ1n) is 5.50. The second-order valence-electron chi connectivity index (χ2n) is 4.35. The summed E-state index contributed by atoms with van der Waals surface area (Å²) in [5.41, 5.74) is 1.34. The van der Waals surface area contributed by atoms with Gasteiger partial charge in [0.05, 0.1) is 12.2 Å². The number of aliphatic hydroxyl groups is 1. The number of hydrogen-bond donors (Lipinski definition) is 1. The van der Waals surface area contributed by atoms with Crippen molar-refractivity contribution in [3.8, 4) is 0 Å². The first kappa shape index (κ1) is 10.7. The summed E-state index contributed by atoms with van der Waals surface area (Å²) in [5, 5.41) is 9.96. The Morgan fingerprint density at radius 3 is 2.60 bits per heavy atom. The molecule has 82 valence electrons. The van der Waals surface area contributed by atoms with Gasteiger partial charge in [0.2, 0.25) is 0 Å². The van der Waals surface area contributed by atoms with Crippen molar-refractivity contribution in [2.45, 2.75) is 31.5 Å². The molecule has 0 bridgehead atoms. The largest absolute Gasteiger partial charge is 0.390 e. The van der Waals surface area contributed by atoms with Crippen LogP contribution in [0.25, 0.3) is 0 Å². The van der Waals surface area contributed by atoms with Crippen LogP contribution in [0.1, 0.15) is 24.8 Å². The van der Waals surface area contributed by atoms with Gasteiger partial charge >= 0.3 is 0 Å². The predicted molar refractivity (Wildman–Crippen MR) is 59.8 cm³/mol. The highest BCUT2D eigenvalue weighted by molar-refractivity contribution is 5.26. The predicted octanol–water partition coefficient (Wildman–Crippen LogP) is 2.19. The Kier molecular flexibility index (Phi) is 3.08. The molecule has 0 spiro atoms. The van der Waals surface area contributed by atoms with E-state index in [0.29, 0.717) is 11.8 Å². The fourth-order valence-corrected chi connectivity index (χ4v) is 2.16. The lowest BCUT2D eigenvalue weighted by Gasteiger charge is -2.17. The van der Waals surface area contributed by atoms with E-state index in [1.807, 2.05) is 13.0 Å². The minimum absolute atomic E-state index is 0.0660. The average molecular weight is 206 g/mol. The van der Waals surface area contributed by atoms with Gasteiger partial charge in [-0.15, -0.1) is 0 Å². The summed E-state index contributed by atoms with van der Waals surface area (Å²) in [7, 11) is 1.65. The summed E-state index contributed by atoms with van der Waals surface area (Å²) in [6.45, 7) is 1.92. The maximum atomic E-state index is 9.96. The molecule has 0 heterocycles. The Bertz CT molecular complexity index is 310. The van der Waals surface area contributed by atoms with Crippen LogP contribution in [-0.2, 0) is 4.74 Å². The summed E-state index contributed by atoms with van der Waals surface area (Å²) in [5.74, 6) is 0.904. The number of aliphatic hydroxyl groups excluding tert-OH is 1. The van der Waals surface area contributed by atoms with Gasteiger partial charge in [-0.25, -0.2) is 0 Å². The Hall–Kier alpha value is -0.860. The molecule has 1 aromatic rings. The van der Waals surface area contributed by atoms with Crippen molar-refractivity contribution in [1.29, 1.82) is 0 Å². The lowest BCUT2D eigenvalue weighted by atomic mass is 10.0. The molecule has 0 radical (unpaired) electrons. The van der Waals surface area contributed by atoms with Gasteiger partial charge in [-0.05, 0) is 30.7 Å². The monoisotopic (exact) mass is 206 g/mol. The van der Waals surface area contributed by atoms with Gasteiger partial charge in [-0.2, -0.15) is 0 Å².